The van der Waals surface area contributed by atoms with Crippen molar-refractivity contribution in [3.05, 3.63) is 53.9 Å². The van der Waals surface area contributed by atoms with Crippen LogP contribution in [-0.2, 0) is 10.0 Å². The smallest absolute Gasteiger partial charge is 0.268 e. The molecule has 2 aromatic rings. The molecule has 0 spiro atoms. The zero-order chi connectivity index (χ0) is 15.7. The predicted octanol–water partition coefficient (Wildman–Crippen LogP) is 2.16. The fourth-order valence-electron chi connectivity index (χ4n) is 1.71. The Kier molecular flexibility index (Phi) is 3.95. The molecule has 0 atom stereocenters. The van der Waals surface area contributed by atoms with Gasteiger partial charge in [-0.25, -0.2) is 12.4 Å². The highest BCUT2D eigenvalue weighted by molar-refractivity contribution is 7.90. The van der Waals surface area contributed by atoms with E-state index >= 15 is 0 Å². The van der Waals surface area contributed by atoms with Gasteiger partial charge in [0.1, 0.15) is 11.3 Å². The van der Waals surface area contributed by atoms with E-state index in [-0.39, 0.29) is 4.90 Å². The second kappa shape index (κ2) is 5.40. The Morgan fingerprint density at radius 2 is 1.76 bits per heavy atom. The highest BCUT2D eigenvalue weighted by atomic mass is 32.2. The third kappa shape index (κ3) is 3.54. The molecule has 0 bridgehead atoms. The van der Waals surface area contributed by atoms with Crippen molar-refractivity contribution >= 4 is 10.0 Å². The average Bonchev–Trinajstić information content (AvgIpc) is 2.85. The van der Waals surface area contributed by atoms with Gasteiger partial charge in [-0.05, 0) is 51.0 Å². The summed E-state index contributed by atoms with van der Waals surface area (Å²) in [5.74, 6) is 5.32. The summed E-state index contributed by atoms with van der Waals surface area (Å²) in [5.41, 5.74) is 0.129. The molecule has 0 amide bonds. The Morgan fingerprint density at radius 1 is 1.14 bits per heavy atom. The van der Waals surface area contributed by atoms with E-state index in [0.717, 1.165) is 9.54 Å². The molecule has 4 nitrogen and oxygen atoms in total. The third-order valence-electron chi connectivity index (χ3n) is 2.79. The first kappa shape index (κ1) is 15.4. The summed E-state index contributed by atoms with van der Waals surface area (Å²) in [6.45, 7) is 4.98. The molecule has 0 aliphatic heterocycles. The molecule has 0 saturated heterocycles. The van der Waals surface area contributed by atoms with Crippen molar-refractivity contribution < 1.29 is 13.5 Å². The molecule has 21 heavy (non-hydrogen) atoms. The van der Waals surface area contributed by atoms with Crippen LogP contribution >= 0.6 is 0 Å². The fraction of sp³-hybridized carbons (Fsp3) is 0.250. The molecule has 1 heterocycles. The first-order chi connectivity index (χ1) is 9.70. The standard InChI is InChI=1S/C16H17NO3S/c1-13-6-8-15(9-7-13)21(19,20)17-12-4-5-14(17)10-11-16(2,3)18/h4-9,12,18H,1-3H3. The first-order valence-electron chi connectivity index (χ1n) is 6.45. The molecule has 1 aromatic carbocycles. The van der Waals surface area contributed by atoms with Gasteiger partial charge in [0.05, 0.1) is 4.90 Å². The Labute approximate surface area is 125 Å². The minimum Gasteiger partial charge on any atom is -0.378 e. The number of aromatic nitrogens is 1. The van der Waals surface area contributed by atoms with Gasteiger partial charge in [0, 0.05) is 6.20 Å². The summed E-state index contributed by atoms with van der Waals surface area (Å²) >= 11 is 0. The van der Waals surface area contributed by atoms with Crippen LogP contribution in [0.2, 0.25) is 0 Å². The summed E-state index contributed by atoms with van der Waals surface area (Å²) in [4.78, 5) is 0.204. The van der Waals surface area contributed by atoms with Crippen LogP contribution in [0.15, 0.2) is 47.5 Å². The van der Waals surface area contributed by atoms with Gasteiger partial charge < -0.3 is 5.11 Å². The summed E-state index contributed by atoms with van der Waals surface area (Å²) in [5, 5.41) is 9.63. The Bertz CT molecular complexity index is 798. The summed E-state index contributed by atoms with van der Waals surface area (Å²) in [6.07, 6.45) is 1.45. The number of hydrogen-bond donors (Lipinski definition) is 1. The minimum absolute atomic E-state index is 0.204. The molecular weight excluding hydrogens is 286 g/mol. The molecule has 5 heteroatoms. The van der Waals surface area contributed by atoms with Crippen LogP contribution in [0, 0.1) is 18.8 Å². The second-order valence-corrected chi connectivity index (χ2v) is 7.13. The molecule has 0 aliphatic carbocycles. The lowest BCUT2D eigenvalue weighted by atomic mass is 10.1. The van der Waals surface area contributed by atoms with Crippen LogP contribution in [0.4, 0.5) is 0 Å². The zero-order valence-corrected chi connectivity index (χ0v) is 13.0. The van der Waals surface area contributed by atoms with E-state index in [1.807, 2.05) is 6.92 Å². The average molecular weight is 303 g/mol. The first-order valence-corrected chi connectivity index (χ1v) is 7.89. The third-order valence-corrected chi connectivity index (χ3v) is 4.49. The fourth-order valence-corrected chi connectivity index (χ4v) is 3.02. The summed E-state index contributed by atoms with van der Waals surface area (Å²) < 4.78 is 26.3. The highest BCUT2D eigenvalue weighted by Gasteiger charge is 2.18. The molecule has 0 fully saturated rings. The molecule has 1 N–H and O–H groups in total. The molecule has 0 aliphatic rings. The normalized spacial score (nSPS) is 11.8. The number of hydrogen-bond acceptors (Lipinski definition) is 3. The van der Waals surface area contributed by atoms with Crippen molar-refractivity contribution in [1.29, 1.82) is 0 Å². The van der Waals surface area contributed by atoms with Gasteiger partial charge in [-0.2, -0.15) is 0 Å². The van der Waals surface area contributed by atoms with Crippen LogP contribution in [0.1, 0.15) is 25.1 Å². The lowest BCUT2D eigenvalue weighted by Crippen LogP contribution is -2.16. The van der Waals surface area contributed by atoms with Crippen LogP contribution in [0.5, 0.6) is 0 Å². The van der Waals surface area contributed by atoms with Crippen LogP contribution in [-0.4, -0.2) is 23.1 Å². The number of benzene rings is 1. The largest absolute Gasteiger partial charge is 0.378 e. The Balaban J connectivity index is 2.49. The van der Waals surface area contributed by atoms with E-state index in [4.69, 9.17) is 0 Å². The maximum atomic E-state index is 12.6. The predicted molar refractivity (Wildman–Crippen MR) is 81.4 cm³/mol. The van der Waals surface area contributed by atoms with E-state index in [9.17, 15) is 13.5 Å². The quantitative estimate of drug-likeness (QED) is 0.865. The molecule has 0 saturated carbocycles. The van der Waals surface area contributed by atoms with Gasteiger partial charge in [0.2, 0.25) is 0 Å². The van der Waals surface area contributed by atoms with E-state index in [1.54, 1.807) is 50.2 Å². The maximum Gasteiger partial charge on any atom is 0.268 e. The number of aryl methyl sites for hydroxylation is 1. The SMILES string of the molecule is Cc1ccc(S(=O)(=O)n2cccc2C#CC(C)(C)O)cc1. The van der Waals surface area contributed by atoms with E-state index < -0.39 is 15.6 Å². The van der Waals surface area contributed by atoms with Crippen molar-refractivity contribution in [2.75, 3.05) is 0 Å². The molecule has 1 aromatic heterocycles. The molecule has 2 rings (SSSR count). The molecule has 0 radical (unpaired) electrons. The van der Waals surface area contributed by atoms with Crippen LogP contribution in [0.3, 0.4) is 0 Å². The second-order valence-electron chi connectivity index (χ2n) is 5.32. The van der Waals surface area contributed by atoms with Crippen molar-refractivity contribution in [2.45, 2.75) is 31.3 Å². The van der Waals surface area contributed by atoms with Crippen molar-refractivity contribution in [3.8, 4) is 11.8 Å². The van der Waals surface area contributed by atoms with Gasteiger partial charge in [-0.3, -0.25) is 0 Å². The van der Waals surface area contributed by atoms with Gasteiger partial charge in [0.25, 0.3) is 10.0 Å². The lowest BCUT2D eigenvalue weighted by Gasteiger charge is -2.09. The van der Waals surface area contributed by atoms with Crippen LogP contribution in [0.25, 0.3) is 0 Å². The topological polar surface area (TPSA) is 59.3 Å². The minimum atomic E-state index is -3.68. The Morgan fingerprint density at radius 3 is 2.33 bits per heavy atom. The van der Waals surface area contributed by atoms with Gasteiger partial charge in [-0.1, -0.05) is 23.6 Å². The van der Waals surface area contributed by atoms with E-state index in [2.05, 4.69) is 11.8 Å². The van der Waals surface area contributed by atoms with Gasteiger partial charge >= 0.3 is 0 Å². The maximum absolute atomic E-state index is 12.6. The van der Waals surface area contributed by atoms with Crippen LogP contribution < -0.4 is 0 Å². The number of nitrogens with zero attached hydrogens (tertiary/aromatic N) is 1. The lowest BCUT2D eigenvalue weighted by molar-refractivity contribution is 0.143. The van der Waals surface area contributed by atoms with E-state index in [1.165, 1.54) is 6.20 Å². The molecular formula is C16H17NO3S. The highest BCUT2D eigenvalue weighted by Crippen LogP contribution is 2.17. The van der Waals surface area contributed by atoms with E-state index in [0.29, 0.717) is 5.69 Å². The van der Waals surface area contributed by atoms with Gasteiger partial charge in [0.15, 0.2) is 0 Å². The number of aliphatic hydroxyl groups is 1. The zero-order valence-electron chi connectivity index (χ0n) is 12.2. The van der Waals surface area contributed by atoms with Crippen molar-refractivity contribution in [3.63, 3.8) is 0 Å². The summed E-state index contributed by atoms with van der Waals surface area (Å²) in [7, 11) is -3.68. The van der Waals surface area contributed by atoms with Crippen molar-refractivity contribution in [2.24, 2.45) is 0 Å². The number of rotatable bonds is 2. The molecule has 110 valence electrons. The van der Waals surface area contributed by atoms with Gasteiger partial charge in [-0.15, -0.1) is 0 Å². The summed E-state index contributed by atoms with van der Waals surface area (Å²) in [6, 6.07) is 9.84. The van der Waals surface area contributed by atoms with Crippen molar-refractivity contribution in [1.82, 2.24) is 3.97 Å². The Hall–Kier alpha value is -2.03. The monoisotopic (exact) mass is 303 g/mol. The molecule has 0 unspecified atom stereocenters.